The van der Waals surface area contributed by atoms with Crippen molar-refractivity contribution >= 4 is 10.9 Å². The monoisotopic (exact) mass is 427 g/mol. The molecule has 4 aliphatic rings. The summed E-state index contributed by atoms with van der Waals surface area (Å²) < 4.78 is 43.9. The number of aliphatic hydroxyl groups excluding tert-OH is 1. The number of benzene rings is 2. The van der Waals surface area contributed by atoms with Crippen molar-refractivity contribution in [3.63, 3.8) is 0 Å². The molecule has 3 aromatic rings. The van der Waals surface area contributed by atoms with E-state index in [1.165, 1.54) is 18.2 Å². The standard InChI is InChI=1S/C24H24F3N3O/c25-16-4-1-3-15(7-16)21-8-17(26)10-29(21)22(31)24-11-23(12-24,13-24)14-30-20-6-2-5-19(27)18(20)9-28-30/h1-7,9,17,21-22,31H,8,10-14H2. The van der Waals surface area contributed by atoms with Gasteiger partial charge in [0, 0.05) is 24.5 Å². The van der Waals surface area contributed by atoms with Gasteiger partial charge in [-0.25, -0.2) is 13.2 Å². The molecule has 7 rings (SSSR count). The van der Waals surface area contributed by atoms with E-state index in [1.807, 2.05) is 15.6 Å². The minimum Gasteiger partial charge on any atom is -0.378 e. The average Bonchev–Trinajstić information content (AvgIpc) is 3.27. The van der Waals surface area contributed by atoms with Crippen LogP contribution in [0.25, 0.3) is 10.9 Å². The molecule has 1 saturated heterocycles. The zero-order valence-electron chi connectivity index (χ0n) is 17.0. The lowest BCUT2D eigenvalue weighted by molar-refractivity contribution is -0.295. The molecular formula is C24H24F3N3O. The van der Waals surface area contributed by atoms with Crippen LogP contribution in [0.15, 0.2) is 48.7 Å². The number of halogens is 3. The molecule has 2 bridgehead atoms. The van der Waals surface area contributed by atoms with Gasteiger partial charge in [-0.05, 0) is 60.9 Å². The molecule has 0 spiro atoms. The maximum Gasteiger partial charge on any atom is 0.134 e. The smallest absolute Gasteiger partial charge is 0.134 e. The quantitative estimate of drug-likeness (QED) is 0.648. The molecule has 162 valence electrons. The molecule has 1 aliphatic heterocycles. The number of hydrogen-bond acceptors (Lipinski definition) is 3. The number of rotatable bonds is 5. The van der Waals surface area contributed by atoms with Crippen molar-refractivity contribution in [2.75, 3.05) is 6.54 Å². The van der Waals surface area contributed by atoms with Crippen molar-refractivity contribution in [1.29, 1.82) is 0 Å². The second kappa shape index (κ2) is 6.56. The molecule has 1 aromatic heterocycles. The lowest BCUT2D eigenvalue weighted by Gasteiger charge is -2.73. The van der Waals surface area contributed by atoms with E-state index in [4.69, 9.17) is 0 Å². The van der Waals surface area contributed by atoms with Gasteiger partial charge in [0.2, 0.25) is 0 Å². The van der Waals surface area contributed by atoms with E-state index >= 15 is 0 Å². The number of likely N-dealkylation sites (tertiary alicyclic amines) is 1. The summed E-state index contributed by atoms with van der Waals surface area (Å²) in [6, 6.07) is 10.9. The zero-order valence-corrected chi connectivity index (χ0v) is 17.0. The first-order valence-corrected chi connectivity index (χ1v) is 10.8. The molecule has 4 nitrogen and oxygen atoms in total. The van der Waals surface area contributed by atoms with E-state index in [0.717, 1.165) is 24.8 Å². The lowest BCUT2D eigenvalue weighted by Crippen LogP contribution is -2.70. The molecule has 7 heteroatoms. The largest absolute Gasteiger partial charge is 0.378 e. The molecule has 3 aliphatic carbocycles. The maximum atomic E-state index is 14.3. The number of nitrogens with zero attached hydrogens (tertiary/aromatic N) is 3. The third kappa shape index (κ3) is 2.86. The fourth-order valence-electron chi connectivity index (χ4n) is 6.51. The number of alkyl halides is 1. The maximum absolute atomic E-state index is 14.3. The van der Waals surface area contributed by atoms with Crippen LogP contribution in [0.1, 0.15) is 37.3 Å². The predicted molar refractivity (Wildman–Crippen MR) is 110 cm³/mol. The van der Waals surface area contributed by atoms with Gasteiger partial charge in [-0.1, -0.05) is 18.2 Å². The Balaban J connectivity index is 1.18. The Hall–Kier alpha value is -2.38. The van der Waals surface area contributed by atoms with Crippen LogP contribution in [-0.4, -0.2) is 38.7 Å². The van der Waals surface area contributed by atoms with Crippen molar-refractivity contribution in [3.05, 3.63) is 65.9 Å². The lowest BCUT2D eigenvalue weighted by atomic mass is 9.34. The van der Waals surface area contributed by atoms with Gasteiger partial charge in [-0.3, -0.25) is 9.58 Å². The van der Waals surface area contributed by atoms with Gasteiger partial charge in [0.15, 0.2) is 0 Å². The Labute approximate surface area is 178 Å². The Morgan fingerprint density at radius 3 is 2.68 bits per heavy atom. The predicted octanol–water partition coefficient (Wildman–Crippen LogP) is 4.59. The first-order chi connectivity index (χ1) is 14.9. The summed E-state index contributed by atoms with van der Waals surface area (Å²) in [6.07, 6.45) is 2.55. The Morgan fingerprint density at radius 2 is 1.90 bits per heavy atom. The average molecular weight is 427 g/mol. The summed E-state index contributed by atoms with van der Waals surface area (Å²) in [5, 5.41) is 16.1. The topological polar surface area (TPSA) is 41.3 Å². The van der Waals surface area contributed by atoms with Crippen LogP contribution in [0.4, 0.5) is 13.2 Å². The third-order valence-electron chi connectivity index (χ3n) is 7.68. The van der Waals surface area contributed by atoms with Gasteiger partial charge >= 0.3 is 0 Å². The van der Waals surface area contributed by atoms with Gasteiger partial charge in [0.1, 0.15) is 24.0 Å². The third-order valence-corrected chi connectivity index (χ3v) is 7.68. The van der Waals surface area contributed by atoms with E-state index in [2.05, 4.69) is 5.10 Å². The number of fused-ring (bicyclic) bond motifs is 1. The molecule has 4 fully saturated rings. The highest BCUT2D eigenvalue weighted by molar-refractivity contribution is 5.79. The Bertz CT molecular complexity index is 1140. The Kier molecular flexibility index (Phi) is 4.09. The molecule has 3 atom stereocenters. The van der Waals surface area contributed by atoms with E-state index < -0.39 is 12.4 Å². The molecule has 3 unspecified atom stereocenters. The summed E-state index contributed by atoms with van der Waals surface area (Å²) in [5.41, 5.74) is 1.30. The molecule has 2 aromatic carbocycles. The summed E-state index contributed by atoms with van der Waals surface area (Å²) in [7, 11) is 0. The second-order valence-corrected chi connectivity index (χ2v) is 9.84. The van der Waals surface area contributed by atoms with Gasteiger partial charge in [-0.2, -0.15) is 5.10 Å². The van der Waals surface area contributed by atoms with Gasteiger partial charge in [-0.15, -0.1) is 0 Å². The first kappa shape index (κ1) is 19.3. The van der Waals surface area contributed by atoms with E-state index in [1.54, 1.807) is 24.4 Å². The number of aromatic nitrogens is 2. The number of aliphatic hydroxyl groups is 1. The van der Waals surface area contributed by atoms with E-state index in [-0.39, 0.29) is 41.5 Å². The summed E-state index contributed by atoms with van der Waals surface area (Å²) in [5.74, 6) is -0.618. The molecular weight excluding hydrogens is 403 g/mol. The molecule has 0 amide bonds. The summed E-state index contributed by atoms with van der Waals surface area (Å²) in [4.78, 5) is 1.82. The van der Waals surface area contributed by atoms with Crippen LogP contribution in [0.2, 0.25) is 0 Å². The minimum absolute atomic E-state index is 0.0510. The zero-order chi connectivity index (χ0) is 21.4. The first-order valence-electron chi connectivity index (χ1n) is 10.8. The highest BCUT2D eigenvalue weighted by atomic mass is 19.1. The van der Waals surface area contributed by atoms with Crippen LogP contribution in [0.3, 0.4) is 0 Å². The molecule has 0 radical (unpaired) electrons. The minimum atomic E-state index is -1.03. The van der Waals surface area contributed by atoms with Crippen molar-refractivity contribution in [3.8, 4) is 0 Å². The van der Waals surface area contributed by atoms with E-state index in [9.17, 15) is 18.3 Å². The van der Waals surface area contributed by atoms with Crippen molar-refractivity contribution in [2.45, 2.75) is 50.7 Å². The molecule has 2 heterocycles. The van der Waals surface area contributed by atoms with Crippen molar-refractivity contribution < 1.29 is 18.3 Å². The van der Waals surface area contributed by atoms with Crippen LogP contribution < -0.4 is 0 Å². The summed E-state index contributed by atoms with van der Waals surface area (Å²) in [6.45, 7) is 0.855. The van der Waals surface area contributed by atoms with Gasteiger partial charge in [0.25, 0.3) is 0 Å². The van der Waals surface area contributed by atoms with Crippen molar-refractivity contribution in [2.24, 2.45) is 10.8 Å². The normalized spacial score (nSPS) is 33.3. The Morgan fingerprint density at radius 1 is 1.13 bits per heavy atom. The summed E-state index contributed by atoms with van der Waals surface area (Å²) >= 11 is 0. The fourth-order valence-corrected chi connectivity index (χ4v) is 6.51. The van der Waals surface area contributed by atoms with Gasteiger partial charge in [0.05, 0.1) is 17.1 Å². The second-order valence-electron chi connectivity index (χ2n) is 9.84. The van der Waals surface area contributed by atoms with Crippen LogP contribution in [-0.2, 0) is 6.54 Å². The molecule has 1 N–H and O–H groups in total. The highest BCUT2D eigenvalue weighted by Crippen LogP contribution is 2.76. The van der Waals surface area contributed by atoms with Crippen LogP contribution >= 0.6 is 0 Å². The molecule has 3 saturated carbocycles. The molecule has 31 heavy (non-hydrogen) atoms. The fraction of sp³-hybridized carbons (Fsp3) is 0.458. The highest BCUT2D eigenvalue weighted by Gasteiger charge is 2.71. The van der Waals surface area contributed by atoms with Crippen LogP contribution in [0, 0.1) is 22.5 Å². The SMILES string of the molecule is OC(N1CC(F)CC1c1cccc(F)c1)C12CC(Cn3ncc4c(F)cccc43)(C1)C2. The van der Waals surface area contributed by atoms with Crippen LogP contribution in [0.5, 0.6) is 0 Å². The van der Waals surface area contributed by atoms with Crippen molar-refractivity contribution in [1.82, 2.24) is 14.7 Å². The van der Waals surface area contributed by atoms with E-state index in [0.29, 0.717) is 17.5 Å². The number of hydrogen-bond donors (Lipinski definition) is 1. The van der Waals surface area contributed by atoms with Gasteiger partial charge < -0.3 is 5.11 Å².